The highest BCUT2D eigenvalue weighted by Crippen LogP contribution is 2.26. The van der Waals surface area contributed by atoms with Crippen LogP contribution in [0, 0.1) is 5.82 Å². The van der Waals surface area contributed by atoms with Crippen LogP contribution in [0.15, 0.2) is 17.0 Å². The molecular weight excluding hydrogens is 364 g/mol. The van der Waals surface area contributed by atoms with Crippen molar-refractivity contribution in [1.29, 1.82) is 0 Å². The molecule has 0 aromatic heterocycles. The zero-order valence-corrected chi connectivity index (χ0v) is 14.2. The van der Waals surface area contributed by atoms with E-state index in [9.17, 15) is 21.8 Å². The molecule has 0 spiro atoms. The Bertz CT molecular complexity index is 694. The van der Waals surface area contributed by atoms with E-state index in [1.165, 1.54) is 6.26 Å². The Morgan fingerprint density at radius 1 is 1.48 bits per heavy atom. The fraction of sp³-hybridized carbons (Fsp3) is 0.364. The van der Waals surface area contributed by atoms with Gasteiger partial charge < -0.3 is 5.32 Å². The first kappa shape index (κ1) is 18.3. The molecule has 0 aliphatic rings. The third-order valence-corrected chi connectivity index (χ3v) is 5.47. The van der Waals surface area contributed by atoms with E-state index in [-0.39, 0.29) is 16.8 Å². The van der Waals surface area contributed by atoms with Crippen LogP contribution in [0.1, 0.15) is 17.3 Å². The number of rotatable bonds is 5. The Hall–Kier alpha value is -0.700. The highest BCUT2D eigenvalue weighted by molar-refractivity contribution is 8.13. The van der Waals surface area contributed by atoms with E-state index < -0.39 is 42.0 Å². The van der Waals surface area contributed by atoms with E-state index >= 15 is 0 Å². The van der Waals surface area contributed by atoms with Crippen molar-refractivity contribution >= 4 is 48.0 Å². The molecule has 0 heterocycles. The smallest absolute Gasteiger partial charge is 0.264 e. The topological polar surface area (TPSA) is 80.3 Å². The van der Waals surface area contributed by atoms with Crippen LogP contribution in [0.5, 0.6) is 0 Å². The van der Waals surface area contributed by atoms with Gasteiger partial charge in [0.25, 0.3) is 15.0 Å². The van der Waals surface area contributed by atoms with Gasteiger partial charge in [0.15, 0.2) is 5.82 Å². The van der Waals surface area contributed by atoms with Crippen molar-refractivity contribution in [1.82, 2.24) is 5.32 Å². The van der Waals surface area contributed by atoms with Crippen molar-refractivity contribution in [3.05, 3.63) is 28.5 Å². The minimum atomic E-state index is -4.37. The maximum absolute atomic E-state index is 14.0. The SMILES string of the molecule is CC(CNC(=O)c1cc(Cl)cc(S(=O)(=O)Cl)c1F)S(C)=O. The predicted octanol–water partition coefficient (Wildman–Crippen LogP) is 1.90. The van der Waals surface area contributed by atoms with Gasteiger partial charge in [0.2, 0.25) is 0 Å². The Balaban J connectivity index is 3.11. The zero-order valence-electron chi connectivity index (χ0n) is 11.0. The summed E-state index contributed by atoms with van der Waals surface area (Å²) in [6, 6.07) is 1.81. The monoisotopic (exact) mass is 375 g/mol. The van der Waals surface area contributed by atoms with Crippen LogP contribution in [0.3, 0.4) is 0 Å². The van der Waals surface area contributed by atoms with Gasteiger partial charge in [-0.25, -0.2) is 12.8 Å². The van der Waals surface area contributed by atoms with Crippen LogP contribution < -0.4 is 5.32 Å². The number of nitrogens with one attached hydrogen (secondary N) is 1. The van der Waals surface area contributed by atoms with Crippen molar-refractivity contribution in [2.24, 2.45) is 0 Å². The van der Waals surface area contributed by atoms with Gasteiger partial charge in [-0.3, -0.25) is 9.00 Å². The highest BCUT2D eigenvalue weighted by atomic mass is 35.7. The van der Waals surface area contributed by atoms with Gasteiger partial charge in [0, 0.05) is 44.6 Å². The zero-order chi connectivity index (χ0) is 16.4. The second-order valence-electron chi connectivity index (χ2n) is 4.22. The van der Waals surface area contributed by atoms with Crippen molar-refractivity contribution < 1.29 is 21.8 Å². The summed E-state index contributed by atoms with van der Waals surface area (Å²) in [7, 11) is -0.452. The largest absolute Gasteiger partial charge is 0.351 e. The summed E-state index contributed by atoms with van der Waals surface area (Å²) in [6.45, 7) is 1.68. The van der Waals surface area contributed by atoms with Gasteiger partial charge in [-0.05, 0) is 19.1 Å². The van der Waals surface area contributed by atoms with Crippen molar-refractivity contribution in [3.63, 3.8) is 0 Å². The molecule has 0 saturated carbocycles. The van der Waals surface area contributed by atoms with E-state index in [0.29, 0.717) is 0 Å². The first-order chi connectivity index (χ1) is 9.54. The summed E-state index contributed by atoms with van der Waals surface area (Å²) in [5, 5.41) is 1.87. The van der Waals surface area contributed by atoms with Crippen LogP contribution in [-0.4, -0.2) is 36.6 Å². The molecule has 0 saturated heterocycles. The molecular formula is C11H12Cl2FNO4S2. The van der Waals surface area contributed by atoms with Crippen molar-refractivity contribution in [3.8, 4) is 0 Å². The number of halogens is 3. The highest BCUT2D eigenvalue weighted by Gasteiger charge is 2.24. The summed E-state index contributed by atoms with van der Waals surface area (Å²) < 4.78 is 47.7. The Morgan fingerprint density at radius 3 is 2.52 bits per heavy atom. The molecule has 0 radical (unpaired) electrons. The van der Waals surface area contributed by atoms with E-state index in [4.69, 9.17) is 22.3 Å². The second kappa shape index (κ2) is 7.04. The molecule has 1 aromatic rings. The first-order valence-electron chi connectivity index (χ1n) is 5.58. The lowest BCUT2D eigenvalue weighted by Crippen LogP contribution is -2.33. The number of amides is 1. The van der Waals surface area contributed by atoms with Crippen LogP contribution in [0.2, 0.25) is 5.02 Å². The quantitative estimate of drug-likeness (QED) is 0.796. The fourth-order valence-electron chi connectivity index (χ4n) is 1.36. The summed E-state index contributed by atoms with van der Waals surface area (Å²) >= 11 is 5.67. The summed E-state index contributed by atoms with van der Waals surface area (Å²) in [6.07, 6.45) is 1.47. The number of hydrogen-bond acceptors (Lipinski definition) is 4. The minimum absolute atomic E-state index is 0.0385. The Kier molecular flexibility index (Phi) is 6.15. The van der Waals surface area contributed by atoms with Gasteiger partial charge in [0.05, 0.1) is 5.56 Å². The summed E-state index contributed by atoms with van der Waals surface area (Å²) in [5.41, 5.74) is -0.546. The molecule has 1 amide bonds. The molecule has 1 N–H and O–H groups in total. The van der Waals surface area contributed by atoms with Gasteiger partial charge in [-0.2, -0.15) is 0 Å². The Morgan fingerprint density at radius 2 is 2.05 bits per heavy atom. The van der Waals surface area contributed by atoms with E-state index in [1.807, 2.05) is 0 Å². The molecule has 21 heavy (non-hydrogen) atoms. The van der Waals surface area contributed by atoms with Crippen LogP contribution in [0.4, 0.5) is 4.39 Å². The van der Waals surface area contributed by atoms with Gasteiger partial charge in [0.1, 0.15) is 4.90 Å². The molecule has 1 aromatic carbocycles. The second-order valence-corrected chi connectivity index (χ2v) is 9.00. The average Bonchev–Trinajstić information content (AvgIpc) is 2.36. The molecule has 10 heteroatoms. The normalized spacial score (nSPS) is 14.5. The number of benzene rings is 1. The van der Waals surface area contributed by atoms with Gasteiger partial charge in [-0.15, -0.1) is 0 Å². The van der Waals surface area contributed by atoms with Crippen molar-refractivity contribution in [2.75, 3.05) is 12.8 Å². The fourth-order valence-corrected chi connectivity index (χ4v) is 2.89. The minimum Gasteiger partial charge on any atom is -0.351 e. The summed E-state index contributed by atoms with van der Waals surface area (Å²) in [5.74, 6) is -2.15. The molecule has 0 aliphatic heterocycles. The molecule has 118 valence electrons. The maximum Gasteiger partial charge on any atom is 0.264 e. The van der Waals surface area contributed by atoms with E-state index in [1.54, 1.807) is 6.92 Å². The molecule has 1 rings (SSSR count). The van der Waals surface area contributed by atoms with Crippen LogP contribution in [-0.2, 0) is 19.9 Å². The Labute approximate surface area is 133 Å². The predicted molar refractivity (Wildman–Crippen MR) is 80.3 cm³/mol. The molecule has 0 aliphatic carbocycles. The lowest BCUT2D eigenvalue weighted by atomic mass is 10.2. The van der Waals surface area contributed by atoms with Gasteiger partial charge in [-0.1, -0.05) is 11.6 Å². The number of hydrogen-bond donors (Lipinski definition) is 1. The van der Waals surface area contributed by atoms with E-state index in [2.05, 4.69) is 5.32 Å². The van der Waals surface area contributed by atoms with E-state index in [0.717, 1.165) is 12.1 Å². The third-order valence-electron chi connectivity index (χ3n) is 2.63. The first-order valence-corrected chi connectivity index (χ1v) is 9.89. The van der Waals surface area contributed by atoms with Gasteiger partial charge >= 0.3 is 0 Å². The maximum atomic E-state index is 14.0. The number of carbonyl (C=O) groups excluding carboxylic acids is 1. The molecule has 2 atom stereocenters. The lowest BCUT2D eigenvalue weighted by molar-refractivity contribution is 0.0949. The molecule has 2 unspecified atom stereocenters. The molecule has 0 bridgehead atoms. The molecule has 5 nitrogen and oxygen atoms in total. The molecule has 0 fully saturated rings. The third kappa shape index (κ3) is 4.91. The van der Waals surface area contributed by atoms with Crippen molar-refractivity contribution in [2.45, 2.75) is 17.1 Å². The standard InChI is InChI=1S/C11H12Cl2FNO4S2/c1-6(20(2)17)5-15-11(16)8-3-7(12)4-9(10(8)14)21(13,18)19/h3-4,6H,5H2,1-2H3,(H,15,16). The van der Waals surface area contributed by atoms with Crippen LogP contribution in [0.25, 0.3) is 0 Å². The summed E-state index contributed by atoms with van der Waals surface area (Å²) in [4.78, 5) is 11.0. The lowest BCUT2D eigenvalue weighted by Gasteiger charge is -2.11. The van der Waals surface area contributed by atoms with Crippen LogP contribution >= 0.6 is 22.3 Å². The number of carbonyl (C=O) groups is 1. The average molecular weight is 376 g/mol.